The molecule has 1 saturated carbocycles. The van der Waals surface area contributed by atoms with Crippen molar-refractivity contribution in [1.82, 2.24) is 4.90 Å². The zero-order valence-corrected chi connectivity index (χ0v) is 9.99. The first-order valence-electron chi connectivity index (χ1n) is 6.63. The van der Waals surface area contributed by atoms with E-state index in [9.17, 15) is 0 Å². The van der Waals surface area contributed by atoms with E-state index in [-0.39, 0.29) is 0 Å². The summed E-state index contributed by atoms with van der Waals surface area (Å²) in [5.41, 5.74) is 2.20. The van der Waals surface area contributed by atoms with E-state index in [1.54, 1.807) is 0 Å². The summed E-state index contributed by atoms with van der Waals surface area (Å²) in [6.07, 6.45) is 7.33. The maximum absolute atomic E-state index is 2.66. The van der Waals surface area contributed by atoms with Crippen molar-refractivity contribution in [3.05, 3.63) is 35.9 Å². The van der Waals surface area contributed by atoms with Gasteiger partial charge in [0.2, 0.25) is 0 Å². The second-order valence-corrected chi connectivity index (χ2v) is 5.65. The van der Waals surface area contributed by atoms with E-state index < -0.39 is 0 Å². The molecule has 2 aliphatic rings. The average molecular weight is 215 g/mol. The Morgan fingerprint density at radius 1 is 1.00 bits per heavy atom. The first kappa shape index (κ1) is 10.3. The summed E-state index contributed by atoms with van der Waals surface area (Å²) in [5.74, 6) is 0. The third-order valence-electron chi connectivity index (χ3n) is 4.40. The largest absolute Gasteiger partial charge is 0.299 e. The van der Waals surface area contributed by atoms with Crippen LogP contribution in [0.1, 0.15) is 37.7 Å². The molecule has 0 N–H and O–H groups in total. The molecule has 86 valence electrons. The number of rotatable bonds is 2. The lowest BCUT2D eigenvalue weighted by atomic mass is 9.64. The normalized spacial score (nSPS) is 24.2. The minimum absolute atomic E-state index is 0.729. The van der Waals surface area contributed by atoms with E-state index >= 15 is 0 Å². The average Bonchev–Trinajstić information content (AvgIpc) is 2.29. The van der Waals surface area contributed by atoms with Gasteiger partial charge in [-0.25, -0.2) is 0 Å². The minimum atomic E-state index is 0.729. The van der Waals surface area contributed by atoms with E-state index in [1.807, 2.05) is 0 Å². The summed E-state index contributed by atoms with van der Waals surface area (Å²) in [4.78, 5) is 2.66. The molecule has 1 nitrogen and oxygen atoms in total. The van der Waals surface area contributed by atoms with Crippen LogP contribution < -0.4 is 0 Å². The van der Waals surface area contributed by atoms with Gasteiger partial charge < -0.3 is 0 Å². The van der Waals surface area contributed by atoms with Gasteiger partial charge in [0.15, 0.2) is 0 Å². The van der Waals surface area contributed by atoms with Gasteiger partial charge in [0.1, 0.15) is 0 Å². The Morgan fingerprint density at radius 3 is 2.44 bits per heavy atom. The third-order valence-corrected chi connectivity index (χ3v) is 4.40. The Morgan fingerprint density at radius 2 is 1.75 bits per heavy atom. The molecular formula is C15H21N. The first-order valence-corrected chi connectivity index (χ1v) is 6.63. The number of hydrogen-bond donors (Lipinski definition) is 0. The fourth-order valence-corrected chi connectivity index (χ4v) is 3.37. The van der Waals surface area contributed by atoms with E-state index in [0.29, 0.717) is 0 Å². The maximum Gasteiger partial charge on any atom is 0.0233 e. The predicted octanol–water partition coefficient (Wildman–Crippen LogP) is 3.45. The van der Waals surface area contributed by atoms with Crippen LogP contribution in [0.25, 0.3) is 0 Å². The highest BCUT2D eigenvalue weighted by Gasteiger charge is 2.40. The van der Waals surface area contributed by atoms with E-state index in [0.717, 1.165) is 12.0 Å². The van der Waals surface area contributed by atoms with E-state index in [1.165, 1.54) is 50.8 Å². The van der Waals surface area contributed by atoms with Gasteiger partial charge in [0, 0.05) is 13.1 Å². The number of likely N-dealkylation sites (tertiary alicyclic amines) is 1. The van der Waals surface area contributed by atoms with Gasteiger partial charge in [-0.15, -0.1) is 0 Å². The van der Waals surface area contributed by atoms with Crippen LogP contribution in [0.5, 0.6) is 0 Å². The van der Waals surface area contributed by atoms with Gasteiger partial charge in [-0.05, 0) is 43.2 Å². The van der Waals surface area contributed by atoms with Crippen LogP contribution in [-0.2, 0) is 6.54 Å². The molecule has 1 saturated heterocycles. The van der Waals surface area contributed by atoms with Crippen LogP contribution in [0.3, 0.4) is 0 Å². The lowest BCUT2D eigenvalue weighted by Crippen LogP contribution is -2.46. The summed E-state index contributed by atoms with van der Waals surface area (Å²) in [6, 6.07) is 10.9. The molecule has 1 spiro atoms. The van der Waals surface area contributed by atoms with Gasteiger partial charge in [0.05, 0.1) is 0 Å². The smallest absolute Gasteiger partial charge is 0.0233 e. The second-order valence-electron chi connectivity index (χ2n) is 5.65. The minimum Gasteiger partial charge on any atom is -0.299 e. The molecule has 0 unspecified atom stereocenters. The summed E-state index contributed by atoms with van der Waals surface area (Å²) < 4.78 is 0. The lowest BCUT2D eigenvalue weighted by molar-refractivity contribution is 0.0166. The van der Waals surface area contributed by atoms with Crippen LogP contribution in [0.2, 0.25) is 0 Å². The van der Waals surface area contributed by atoms with Crippen molar-refractivity contribution >= 4 is 0 Å². The first-order chi connectivity index (χ1) is 7.86. The van der Waals surface area contributed by atoms with Crippen LogP contribution in [0, 0.1) is 5.41 Å². The van der Waals surface area contributed by atoms with Crippen molar-refractivity contribution in [2.75, 3.05) is 13.1 Å². The third kappa shape index (κ3) is 2.01. The number of piperidine rings is 1. The monoisotopic (exact) mass is 215 g/mol. The maximum atomic E-state index is 2.66. The Bertz CT molecular complexity index is 340. The highest BCUT2D eigenvalue weighted by molar-refractivity contribution is 5.14. The summed E-state index contributed by atoms with van der Waals surface area (Å²) in [7, 11) is 0. The van der Waals surface area contributed by atoms with Gasteiger partial charge >= 0.3 is 0 Å². The van der Waals surface area contributed by atoms with Crippen LogP contribution in [0.4, 0.5) is 0 Å². The molecule has 0 aromatic heterocycles. The Balaban J connectivity index is 1.63. The summed E-state index contributed by atoms with van der Waals surface area (Å²) >= 11 is 0. The highest BCUT2D eigenvalue weighted by Crippen LogP contribution is 2.47. The topological polar surface area (TPSA) is 3.24 Å². The van der Waals surface area contributed by atoms with Crippen LogP contribution >= 0.6 is 0 Å². The molecule has 1 heterocycles. The van der Waals surface area contributed by atoms with Crippen molar-refractivity contribution < 1.29 is 0 Å². The van der Waals surface area contributed by atoms with Gasteiger partial charge in [-0.2, -0.15) is 0 Å². The van der Waals surface area contributed by atoms with Crippen LogP contribution in [0.15, 0.2) is 30.3 Å². The van der Waals surface area contributed by atoms with Crippen LogP contribution in [-0.4, -0.2) is 18.0 Å². The van der Waals surface area contributed by atoms with E-state index in [4.69, 9.17) is 0 Å². The van der Waals surface area contributed by atoms with Gasteiger partial charge in [-0.1, -0.05) is 36.8 Å². The fraction of sp³-hybridized carbons (Fsp3) is 0.600. The standard InChI is InChI=1S/C15H21N/c1-2-6-14(7-3-1)12-16-11-5-10-15(13-16)8-4-9-15/h1-3,6-7H,4-5,8-13H2. The molecule has 0 radical (unpaired) electrons. The Kier molecular flexibility index (Phi) is 2.72. The van der Waals surface area contributed by atoms with Crippen molar-refractivity contribution in [2.24, 2.45) is 5.41 Å². The molecule has 3 rings (SSSR count). The number of hydrogen-bond acceptors (Lipinski definition) is 1. The van der Waals surface area contributed by atoms with Gasteiger partial charge in [0.25, 0.3) is 0 Å². The SMILES string of the molecule is c1ccc(CN2CCCC3(CCC3)C2)cc1. The lowest BCUT2D eigenvalue weighted by Gasteiger charge is -2.49. The summed E-state index contributed by atoms with van der Waals surface area (Å²) in [6.45, 7) is 3.81. The predicted molar refractivity (Wildman–Crippen MR) is 67.2 cm³/mol. The van der Waals surface area contributed by atoms with Gasteiger partial charge in [-0.3, -0.25) is 4.90 Å². The Labute approximate surface area is 98.5 Å². The molecule has 1 aromatic rings. The van der Waals surface area contributed by atoms with Crippen molar-refractivity contribution in [2.45, 2.75) is 38.6 Å². The highest BCUT2D eigenvalue weighted by atomic mass is 15.1. The summed E-state index contributed by atoms with van der Waals surface area (Å²) in [5, 5.41) is 0. The zero-order chi connectivity index (χ0) is 10.8. The van der Waals surface area contributed by atoms with Crippen molar-refractivity contribution in [1.29, 1.82) is 0 Å². The van der Waals surface area contributed by atoms with E-state index in [2.05, 4.69) is 35.2 Å². The molecule has 2 fully saturated rings. The fourth-order valence-electron chi connectivity index (χ4n) is 3.37. The molecule has 1 aliphatic carbocycles. The molecule has 16 heavy (non-hydrogen) atoms. The number of benzene rings is 1. The molecule has 0 amide bonds. The zero-order valence-electron chi connectivity index (χ0n) is 9.99. The number of nitrogens with zero attached hydrogens (tertiary/aromatic N) is 1. The molecule has 1 heteroatoms. The second kappa shape index (κ2) is 4.21. The Hall–Kier alpha value is -0.820. The molecule has 0 atom stereocenters. The quantitative estimate of drug-likeness (QED) is 0.730. The molecule has 1 aromatic carbocycles. The molecule has 1 aliphatic heterocycles. The van der Waals surface area contributed by atoms with Crippen molar-refractivity contribution in [3.63, 3.8) is 0 Å². The van der Waals surface area contributed by atoms with Crippen molar-refractivity contribution in [3.8, 4) is 0 Å². The molecular weight excluding hydrogens is 194 g/mol. The molecule has 0 bridgehead atoms.